The molecule has 0 unspecified atom stereocenters. The fourth-order valence-corrected chi connectivity index (χ4v) is 1.91. The van der Waals surface area contributed by atoms with Crippen LogP contribution in [0.4, 0.5) is 15.8 Å². The van der Waals surface area contributed by atoms with Crippen molar-refractivity contribution in [3.63, 3.8) is 0 Å². The van der Waals surface area contributed by atoms with Gasteiger partial charge in [-0.3, -0.25) is 10.1 Å². The summed E-state index contributed by atoms with van der Waals surface area (Å²) in [4.78, 5) is 10.4. The predicted octanol–water partition coefficient (Wildman–Crippen LogP) is 4.01. The molecule has 0 aliphatic rings. The van der Waals surface area contributed by atoms with E-state index in [4.69, 9.17) is 16.3 Å². The van der Waals surface area contributed by atoms with E-state index in [1.54, 1.807) is 12.1 Å². The van der Waals surface area contributed by atoms with Gasteiger partial charge >= 0.3 is 5.69 Å². The summed E-state index contributed by atoms with van der Waals surface area (Å²) in [5.74, 6) is -0.320. The average molecular weight is 311 g/mol. The number of benzene rings is 2. The summed E-state index contributed by atoms with van der Waals surface area (Å²) >= 11 is 5.60. The molecule has 2 aromatic rings. The molecule has 0 fully saturated rings. The molecule has 1 N–H and O–H groups in total. The number of methoxy groups -OCH3 is 1. The van der Waals surface area contributed by atoms with Crippen molar-refractivity contribution in [2.24, 2.45) is 0 Å². The van der Waals surface area contributed by atoms with Gasteiger partial charge in [-0.1, -0.05) is 17.7 Å². The number of rotatable bonds is 5. The number of hydrogen-bond acceptors (Lipinski definition) is 4. The second-order valence-corrected chi connectivity index (χ2v) is 4.65. The minimum Gasteiger partial charge on any atom is -0.490 e. The maximum atomic E-state index is 13.3. The zero-order valence-electron chi connectivity index (χ0n) is 11.1. The number of nitrogens with zero attached hydrogens (tertiary/aromatic N) is 1. The van der Waals surface area contributed by atoms with Crippen LogP contribution in [0.1, 0.15) is 5.56 Å². The summed E-state index contributed by atoms with van der Waals surface area (Å²) < 4.78 is 18.2. The first kappa shape index (κ1) is 15.1. The number of nitro benzene ring substituents is 1. The third kappa shape index (κ3) is 3.61. The zero-order chi connectivity index (χ0) is 15.4. The van der Waals surface area contributed by atoms with Gasteiger partial charge in [-0.2, -0.15) is 0 Å². The number of hydrogen-bond donors (Lipinski definition) is 1. The van der Waals surface area contributed by atoms with Gasteiger partial charge in [-0.15, -0.1) is 0 Å². The maximum Gasteiger partial charge on any atom is 0.312 e. The van der Waals surface area contributed by atoms with Crippen LogP contribution in [0.5, 0.6) is 5.75 Å². The molecule has 7 heteroatoms. The highest BCUT2D eigenvalue weighted by molar-refractivity contribution is 6.30. The number of anilines is 1. The van der Waals surface area contributed by atoms with E-state index in [2.05, 4.69) is 5.32 Å². The second-order valence-electron chi connectivity index (χ2n) is 4.25. The number of ether oxygens (including phenoxy) is 1. The summed E-state index contributed by atoms with van der Waals surface area (Å²) in [6.45, 7) is 0.317. The largest absolute Gasteiger partial charge is 0.490 e. The highest BCUT2D eigenvalue weighted by Crippen LogP contribution is 2.29. The third-order valence-corrected chi connectivity index (χ3v) is 3.16. The van der Waals surface area contributed by atoms with Crippen molar-refractivity contribution in [1.29, 1.82) is 0 Å². The Morgan fingerprint density at radius 2 is 2.10 bits per heavy atom. The number of nitro groups is 1. The van der Waals surface area contributed by atoms with Crippen molar-refractivity contribution < 1.29 is 14.1 Å². The molecule has 21 heavy (non-hydrogen) atoms. The summed E-state index contributed by atoms with van der Waals surface area (Å²) in [5.41, 5.74) is 1.08. The quantitative estimate of drug-likeness (QED) is 0.669. The van der Waals surface area contributed by atoms with Crippen LogP contribution in [0.3, 0.4) is 0 Å². The Morgan fingerprint density at radius 3 is 2.71 bits per heavy atom. The molecule has 0 saturated carbocycles. The molecule has 0 amide bonds. The Morgan fingerprint density at radius 1 is 1.33 bits per heavy atom. The molecule has 110 valence electrons. The molecular formula is C14H12ClFN2O3. The topological polar surface area (TPSA) is 64.4 Å². The maximum absolute atomic E-state index is 13.3. The van der Waals surface area contributed by atoms with Gasteiger partial charge in [0, 0.05) is 18.3 Å². The molecule has 0 atom stereocenters. The van der Waals surface area contributed by atoms with Crippen LogP contribution in [0.25, 0.3) is 0 Å². The lowest BCUT2D eigenvalue weighted by Crippen LogP contribution is -2.01. The average Bonchev–Trinajstić information content (AvgIpc) is 2.48. The lowest BCUT2D eigenvalue weighted by atomic mass is 10.2. The Labute approximate surface area is 125 Å². The Bertz CT molecular complexity index is 679. The van der Waals surface area contributed by atoms with Gasteiger partial charge < -0.3 is 10.1 Å². The normalized spacial score (nSPS) is 10.2. The van der Waals surface area contributed by atoms with Crippen LogP contribution in [0, 0.1) is 15.9 Å². The molecule has 0 heterocycles. The Hall–Kier alpha value is -2.34. The molecule has 0 bridgehead atoms. The lowest BCUT2D eigenvalue weighted by molar-refractivity contribution is -0.385. The van der Waals surface area contributed by atoms with Gasteiger partial charge in [0.05, 0.1) is 17.1 Å². The van der Waals surface area contributed by atoms with Crippen molar-refractivity contribution >= 4 is 23.0 Å². The molecule has 0 spiro atoms. The molecule has 0 aliphatic heterocycles. The molecule has 0 aliphatic carbocycles. The molecule has 0 saturated heterocycles. The monoisotopic (exact) mass is 310 g/mol. The summed E-state index contributed by atoms with van der Waals surface area (Å²) in [6, 6.07) is 8.97. The first-order valence-electron chi connectivity index (χ1n) is 6.01. The predicted molar refractivity (Wildman–Crippen MR) is 78.4 cm³/mol. The minimum atomic E-state index is -0.522. The SMILES string of the molecule is COc1ccc(NCc2ccc(Cl)c(F)c2)cc1[N+](=O)[O-]. The summed E-state index contributed by atoms with van der Waals surface area (Å²) in [6.07, 6.45) is 0. The van der Waals surface area contributed by atoms with Crippen molar-refractivity contribution in [1.82, 2.24) is 0 Å². The van der Waals surface area contributed by atoms with Gasteiger partial charge in [0.15, 0.2) is 5.75 Å². The Balaban J connectivity index is 2.14. The molecule has 0 radical (unpaired) electrons. The smallest absolute Gasteiger partial charge is 0.312 e. The van der Waals surface area contributed by atoms with Gasteiger partial charge in [-0.25, -0.2) is 4.39 Å². The van der Waals surface area contributed by atoms with Crippen molar-refractivity contribution in [3.8, 4) is 5.75 Å². The third-order valence-electron chi connectivity index (χ3n) is 2.86. The van der Waals surface area contributed by atoms with Crippen molar-refractivity contribution in [3.05, 3.63) is 62.9 Å². The molecule has 2 rings (SSSR count). The van der Waals surface area contributed by atoms with E-state index in [0.717, 1.165) is 0 Å². The van der Waals surface area contributed by atoms with Crippen LogP contribution >= 0.6 is 11.6 Å². The van der Waals surface area contributed by atoms with E-state index in [1.807, 2.05) is 0 Å². The summed E-state index contributed by atoms with van der Waals surface area (Å²) in [5, 5.41) is 14.0. The van der Waals surface area contributed by atoms with Crippen LogP contribution in [0.2, 0.25) is 5.02 Å². The van der Waals surface area contributed by atoms with Crippen LogP contribution < -0.4 is 10.1 Å². The molecule has 2 aromatic carbocycles. The van der Waals surface area contributed by atoms with Gasteiger partial charge in [0.2, 0.25) is 0 Å². The highest BCUT2D eigenvalue weighted by Gasteiger charge is 2.15. The summed E-state index contributed by atoms with van der Waals surface area (Å²) in [7, 11) is 1.37. The first-order chi connectivity index (χ1) is 10.0. The van der Waals surface area contributed by atoms with Gasteiger partial charge in [-0.05, 0) is 29.8 Å². The number of halogens is 2. The van der Waals surface area contributed by atoms with E-state index in [-0.39, 0.29) is 16.5 Å². The fourth-order valence-electron chi connectivity index (χ4n) is 1.80. The van der Waals surface area contributed by atoms with E-state index >= 15 is 0 Å². The molecule has 0 aromatic heterocycles. The first-order valence-corrected chi connectivity index (χ1v) is 6.39. The van der Waals surface area contributed by atoms with Crippen molar-refractivity contribution in [2.45, 2.75) is 6.54 Å². The van der Waals surface area contributed by atoms with E-state index in [1.165, 1.54) is 31.4 Å². The lowest BCUT2D eigenvalue weighted by Gasteiger charge is -2.08. The van der Waals surface area contributed by atoms with Crippen LogP contribution in [0.15, 0.2) is 36.4 Å². The van der Waals surface area contributed by atoms with Gasteiger partial charge in [0.25, 0.3) is 0 Å². The van der Waals surface area contributed by atoms with Crippen molar-refractivity contribution in [2.75, 3.05) is 12.4 Å². The Kier molecular flexibility index (Phi) is 4.59. The van der Waals surface area contributed by atoms with E-state index < -0.39 is 10.7 Å². The zero-order valence-corrected chi connectivity index (χ0v) is 11.9. The van der Waals surface area contributed by atoms with Gasteiger partial charge in [0.1, 0.15) is 5.82 Å². The molecular weight excluding hydrogens is 299 g/mol. The standard InChI is InChI=1S/C14H12ClFN2O3/c1-21-14-5-3-10(7-13(14)18(19)20)17-8-9-2-4-11(15)12(16)6-9/h2-7,17H,8H2,1H3. The number of nitrogens with one attached hydrogen (secondary N) is 1. The van der Waals surface area contributed by atoms with E-state index in [0.29, 0.717) is 17.8 Å². The van der Waals surface area contributed by atoms with Crippen LogP contribution in [-0.4, -0.2) is 12.0 Å². The van der Waals surface area contributed by atoms with E-state index in [9.17, 15) is 14.5 Å². The highest BCUT2D eigenvalue weighted by atomic mass is 35.5. The second kappa shape index (κ2) is 6.41. The minimum absolute atomic E-state index is 0.0545. The molecule has 5 nitrogen and oxygen atoms in total. The van der Waals surface area contributed by atoms with Crippen LogP contribution in [-0.2, 0) is 6.54 Å². The fraction of sp³-hybridized carbons (Fsp3) is 0.143.